The van der Waals surface area contributed by atoms with Gasteiger partial charge in [0.05, 0.1) is 5.69 Å². The van der Waals surface area contributed by atoms with E-state index in [1.165, 1.54) is 11.1 Å². The van der Waals surface area contributed by atoms with E-state index in [2.05, 4.69) is 41.4 Å². The summed E-state index contributed by atoms with van der Waals surface area (Å²) in [4.78, 5) is 4.36. The number of hydrogen-bond acceptors (Lipinski definition) is 1. The Kier molecular flexibility index (Phi) is 1.88. The predicted octanol–water partition coefficient (Wildman–Crippen LogP) is 3.15. The highest BCUT2D eigenvalue weighted by atomic mass is 14.7. The first-order valence-electron chi connectivity index (χ1n) is 5.13. The second-order valence-electron chi connectivity index (χ2n) is 3.75. The monoisotopic (exact) mass is 193 g/mol. The van der Waals surface area contributed by atoms with Crippen LogP contribution >= 0.6 is 0 Å². The Bertz CT molecular complexity index is 489. The van der Waals surface area contributed by atoms with E-state index in [4.69, 9.17) is 0 Å². The number of fused-ring (bicyclic) bond motifs is 1. The van der Waals surface area contributed by atoms with Crippen LogP contribution in [0.3, 0.4) is 0 Å². The minimum atomic E-state index is 0.451. The lowest BCUT2D eigenvalue weighted by atomic mass is 9.98. The van der Waals surface area contributed by atoms with Crippen LogP contribution in [0.1, 0.15) is 5.69 Å². The Balaban J connectivity index is 2.01. The van der Waals surface area contributed by atoms with E-state index in [9.17, 15) is 0 Å². The van der Waals surface area contributed by atoms with Gasteiger partial charge in [0.2, 0.25) is 0 Å². The van der Waals surface area contributed by atoms with Gasteiger partial charge in [-0.3, -0.25) is 4.98 Å². The molecule has 1 heteroatoms. The summed E-state index contributed by atoms with van der Waals surface area (Å²) in [6.07, 6.45) is 14.9. The smallest absolute Gasteiger partial charge is 0.0699 e. The highest BCUT2D eigenvalue weighted by Crippen LogP contribution is 2.32. The third-order valence-corrected chi connectivity index (χ3v) is 2.75. The fourth-order valence-electron chi connectivity index (χ4n) is 1.98. The summed E-state index contributed by atoms with van der Waals surface area (Å²) in [7, 11) is 0. The van der Waals surface area contributed by atoms with Crippen LogP contribution in [0.4, 0.5) is 0 Å². The van der Waals surface area contributed by atoms with Crippen LogP contribution < -0.4 is 0 Å². The van der Waals surface area contributed by atoms with Gasteiger partial charge >= 0.3 is 0 Å². The topological polar surface area (TPSA) is 12.9 Å². The molecule has 1 nitrogen and oxygen atoms in total. The first-order chi connectivity index (χ1) is 7.43. The van der Waals surface area contributed by atoms with E-state index in [0.717, 1.165) is 5.69 Å². The zero-order valence-corrected chi connectivity index (χ0v) is 8.30. The van der Waals surface area contributed by atoms with Gasteiger partial charge in [-0.1, -0.05) is 36.4 Å². The van der Waals surface area contributed by atoms with E-state index < -0.39 is 0 Å². The molecule has 0 saturated heterocycles. The van der Waals surface area contributed by atoms with Gasteiger partial charge in [0, 0.05) is 12.1 Å². The van der Waals surface area contributed by atoms with E-state index in [1.54, 1.807) is 0 Å². The van der Waals surface area contributed by atoms with Crippen molar-refractivity contribution in [2.45, 2.75) is 0 Å². The summed E-state index contributed by atoms with van der Waals surface area (Å²) in [6.45, 7) is 0. The summed E-state index contributed by atoms with van der Waals surface area (Å²) in [6, 6.07) is 6.02. The lowest BCUT2D eigenvalue weighted by Gasteiger charge is -2.06. The first-order valence-corrected chi connectivity index (χ1v) is 5.13. The Morgan fingerprint density at radius 1 is 1.13 bits per heavy atom. The molecule has 2 aliphatic carbocycles. The Morgan fingerprint density at radius 2 is 2.13 bits per heavy atom. The van der Waals surface area contributed by atoms with Gasteiger partial charge in [0.15, 0.2) is 0 Å². The van der Waals surface area contributed by atoms with E-state index in [1.807, 2.05) is 24.4 Å². The minimum Gasteiger partial charge on any atom is -0.256 e. The van der Waals surface area contributed by atoms with Crippen molar-refractivity contribution in [1.82, 2.24) is 4.98 Å². The lowest BCUT2D eigenvalue weighted by molar-refractivity contribution is 1.02. The number of rotatable bonds is 1. The molecule has 0 spiro atoms. The summed E-state index contributed by atoms with van der Waals surface area (Å²) >= 11 is 0. The summed E-state index contributed by atoms with van der Waals surface area (Å²) in [5.41, 5.74) is 3.64. The molecule has 15 heavy (non-hydrogen) atoms. The quantitative estimate of drug-likeness (QED) is 0.667. The van der Waals surface area contributed by atoms with Gasteiger partial charge in [0.25, 0.3) is 0 Å². The minimum absolute atomic E-state index is 0.451. The Morgan fingerprint density at radius 3 is 2.93 bits per heavy atom. The fourth-order valence-corrected chi connectivity index (χ4v) is 1.98. The van der Waals surface area contributed by atoms with Crippen molar-refractivity contribution in [1.29, 1.82) is 0 Å². The molecule has 0 bridgehead atoms. The van der Waals surface area contributed by atoms with Crippen LogP contribution in [-0.4, -0.2) is 4.98 Å². The zero-order chi connectivity index (χ0) is 10.1. The van der Waals surface area contributed by atoms with E-state index >= 15 is 0 Å². The van der Waals surface area contributed by atoms with Crippen molar-refractivity contribution >= 4 is 5.57 Å². The average molecular weight is 193 g/mol. The molecule has 0 N–H and O–H groups in total. The van der Waals surface area contributed by atoms with Crippen molar-refractivity contribution in [3.05, 3.63) is 72.1 Å². The second-order valence-corrected chi connectivity index (χ2v) is 3.75. The molecule has 0 radical (unpaired) electrons. The molecule has 0 saturated carbocycles. The molecule has 1 aromatic heterocycles. The number of hydrogen-bond donors (Lipinski definition) is 0. The summed E-state index contributed by atoms with van der Waals surface area (Å²) in [5.74, 6) is 0.451. The van der Waals surface area contributed by atoms with Crippen molar-refractivity contribution in [2.24, 2.45) is 5.92 Å². The molecule has 0 fully saturated rings. The molecule has 1 aromatic rings. The molecule has 0 amide bonds. The molecule has 1 heterocycles. The third-order valence-electron chi connectivity index (χ3n) is 2.75. The number of aromatic nitrogens is 1. The Labute approximate surface area is 89.2 Å². The van der Waals surface area contributed by atoms with Crippen LogP contribution in [0.2, 0.25) is 0 Å². The average Bonchev–Trinajstić information content (AvgIpc) is 2.74. The number of nitrogens with zero attached hydrogens (tertiary/aromatic N) is 1. The maximum atomic E-state index is 4.36. The molecular weight excluding hydrogens is 182 g/mol. The summed E-state index contributed by atoms with van der Waals surface area (Å²) in [5, 5.41) is 0. The van der Waals surface area contributed by atoms with Crippen LogP contribution in [0.25, 0.3) is 5.57 Å². The Hall–Kier alpha value is -1.89. The molecular formula is C14H11N. The van der Waals surface area contributed by atoms with Crippen molar-refractivity contribution in [3.8, 4) is 0 Å². The molecule has 1 atom stereocenters. The van der Waals surface area contributed by atoms with Gasteiger partial charge < -0.3 is 0 Å². The predicted molar refractivity (Wildman–Crippen MR) is 62.1 cm³/mol. The van der Waals surface area contributed by atoms with Gasteiger partial charge in [-0.15, -0.1) is 0 Å². The SMILES string of the molecule is C1=CC2=CC(c3ccccn3)=CC2C=C1. The second kappa shape index (κ2) is 3.35. The van der Waals surface area contributed by atoms with Crippen LogP contribution in [0, 0.1) is 5.92 Å². The fraction of sp³-hybridized carbons (Fsp3) is 0.0714. The van der Waals surface area contributed by atoms with Crippen molar-refractivity contribution in [3.63, 3.8) is 0 Å². The first kappa shape index (κ1) is 8.42. The van der Waals surface area contributed by atoms with Crippen LogP contribution in [0.15, 0.2) is 66.4 Å². The van der Waals surface area contributed by atoms with Crippen LogP contribution in [0.5, 0.6) is 0 Å². The van der Waals surface area contributed by atoms with Crippen molar-refractivity contribution < 1.29 is 0 Å². The van der Waals surface area contributed by atoms with Gasteiger partial charge in [-0.05, 0) is 29.4 Å². The molecule has 1 unspecified atom stereocenters. The normalized spacial score (nSPS) is 22.3. The van der Waals surface area contributed by atoms with Gasteiger partial charge in [0.1, 0.15) is 0 Å². The highest BCUT2D eigenvalue weighted by molar-refractivity contribution is 5.78. The largest absolute Gasteiger partial charge is 0.256 e. The summed E-state index contributed by atoms with van der Waals surface area (Å²) < 4.78 is 0. The molecule has 0 aromatic carbocycles. The molecule has 2 aliphatic rings. The van der Waals surface area contributed by atoms with Gasteiger partial charge in [-0.2, -0.15) is 0 Å². The van der Waals surface area contributed by atoms with Crippen molar-refractivity contribution in [2.75, 3.05) is 0 Å². The standard InChI is InChI=1S/C14H11N/c1-2-6-12-10-13(9-11(12)5-1)14-7-3-4-8-15-14/h1-11H. The van der Waals surface area contributed by atoms with Gasteiger partial charge in [-0.25, -0.2) is 0 Å². The maximum absolute atomic E-state index is 4.36. The molecule has 0 aliphatic heterocycles. The third kappa shape index (κ3) is 1.46. The number of pyridine rings is 1. The molecule has 72 valence electrons. The maximum Gasteiger partial charge on any atom is 0.0699 e. The van der Waals surface area contributed by atoms with E-state index in [-0.39, 0.29) is 0 Å². The number of allylic oxidation sites excluding steroid dienone is 8. The van der Waals surface area contributed by atoms with Crippen LogP contribution in [-0.2, 0) is 0 Å². The lowest BCUT2D eigenvalue weighted by Crippen LogP contribution is -1.92. The molecule has 3 rings (SSSR count). The zero-order valence-electron chi connectivity index (χ0n) is 8.30. The highest BCUT2D eigenvalue weighted by Gasteiger charge is 2.17. The van der Waals surface area contributed by atoms with E-state index in [0.29, 0.717) is 5.92 Å².